The molecule has 0 bridgehead atoms. The minimum atomic E-state index is 0.400. The van der Waals surface area contributed by atoms with E-state index in [2.05, 4.69) is 6.92 Å². The molecule has 0 saturated heterocycles. The van der Waals surface area contributed by atoms with Crippen LogP contribution in [0.2, 0.25) is 0 Å². The Morgan fingerprint density at radius 3 is 2.36 bits per heavy atom. The van der Waals surface area contributed by atoms with Gasteiger partial charge in [-0.05, 0) is 31.6 Å². The van der Waals surface area contributed by atoms with Gasteiger partial charge in [-0.3, -0.25) is 5.41 Å². The van der Waals surface area contributed by atoms with Gasteiger partial charge in [0.2, 0.25) is 0 Å². The summed E-state index contributed by atoms with van der Waals surface area (Å²) in [7, 11) is 0. The molecule has 1 aliphatic carbocycles. The Labute approximate surface area is 87.8 Å². The summed E-state index contributed by atoms with van der Waals surface area (Å²) in [4.78, 5) is 0. The molecule has 0 spiro atoms. The second-order valence-electron chi connectivity index (χ2n) is 4.67. The highest BCUT2D eigenvalue weighted by Crippen LogP contribution is 2.31. The van der Waals surface area contributed by atoms with E-state index in [1.165, 1.54) is 38.5 Å². The first kappa shape index (κ1) is 11.5. The molecular formula is C12H24N2. The van der Waals surface area contributed by atoms with Crippen molar-refractivity contribution in [1.29, 1.82) is 5.41 Å². The molecule has 1 aliphatic rings. The Morgan fingerprint density at radius 2 is 1.86 bits per heavy atom. The van der Waals surface area contributed by atoms with Crippen LogP contribution in [-0.4, -0.2) is 5.84 Å². The molecule has 14 heavy (non-hydrogen) atoms. The van der Waals surface area contributed by atoms with E-state index in [-0.39, 0.29) is 0 Å². The lowest BCUT2D eigenvalue weighted by molar-refractivity contribution is 0.298. The molecule has 0 radical (unpaired) electrons. The average molecular weight is 196 g/mol. The molecule has 3 N–H and O–H groups in total. The summed E-state index contributed by atoms with van der Waals surface area (Å²) in [5, 5.41) is 7.40. The monoisotopic (exact) mass is 196 g/mol. The van der Waals surface area contributed by atoms with Gasteiger partial charge in [-0.2, -0.15) is 0 Å². The lowest BCUT2D eigenvalue weighted by Crippen LogP contribution is -2.26. The topological polar surface area (TPSA) is 49.9 Å². The first-order valence-corrected chi connectivity index (χ1v) is 6.08. The van der Waals surface area contributed by atoms with Crippen molar-refractivity contribution in [3.05, 3.63) is 0 Å². The van der Waals surface area contributed by atoms with E-state index < -0.39 is 0 Å². The molecule has 0 atom stereocenters. The van der Waals surface area contributed by atoms with Crippen molar-refractivity contribution in [3.8, 4) is 0 Å². The maximum Gasteiger partial charge on any atom is 0.0936 e. The van der Waals surface area contributed by atoms with Crippen LogP contribution in [0.5, 0.6) is 0 Å². The van der Waals surface area contributed by atoms with Crippen LogP contribution in [0.25, 0.3) is 0 Å². The molecule has 0 amide bonds. The highest BCUT2D eigenvalue weighted by Gasteiger charge is 2.22. The number of rotatable bonds is 5. The van der Waals surface area contributed by atoms with Gasteiger partial charge in [-0.1, -0.05) is 32.6 Å². The minimum absolute atomic E-state index is 0.400. The molecule has 0 heterocycles. The first-order valence-electron chi connectivity index (χ1n) is 6.08. The zero-order chi connectivity index (χ0) is 10.4. The summed E-state index contributed by atoms with van der Waals surface area (Å²) >= 11 is 0. The summed E-state index contributed by atoms with van der Waals surface area (Å²) in [6, 6.07) is 0. The van der Waals surface area contributed by atoms with Gasteiger partial charge in [-0.15, -0.1) is 0 Å². The highest BCUT2D eigenvalue weighted by molar-refractivity contribution is 5.79. The molecule has 82 valence electrons. The summed E-state index contributed by atoms with van der Waals surface area (Å²) in [6.45, 7) is 2.26. The summed E-state index contributed by atoms with van der Waals surface area (Å²) < 4.78 is 0. The fourth-order valence-corrected chi connectivity index (χ4v) is 2.45. The Morgan fingerprint density at radius 1 is 1.21 bits per heavy atom. The number of nitrogens with one attached hydrogen (secondary N) is 1. The quantitative estimate of drug-likeness (QED) is 0.395. The van der Waals surface area contributed by atoms with Crippen LogP contribution in [0.3, 0.4) is 0 Å². The average Bonchev–Trinajstić information content (AvgIpc) is 2.19. The summed E-state index contributed by atoms with van der Waals surface area (Å²) in [6.07, 6.45) is 10.4. The van der Waals surface area contributed by atoms with E-state index >= 15 is 0 Å². The third kappa shape index (κ3) is 3.69. The van der Waals surface area contributed by atoms with E-state index in [4.69, 9.17) is 11.1 Å². The van der Waals surface area contributed by atoms with Crippen LogP contribution >= 0.6 is 0 Å². The van der Waals surface area contributed by atoms with Crippen LogP contribution in [0.4, 0.5) is 0 Å². The lowest BCUT2D eigenvalue weighted by Gasteiger charge is -2.27. The van der Waals surface area contributed by atoms with Crippen LogP contribution in [-0.2, 0) is 0 Å². The number of nitrogens with two attached hydrogens (primary N) is 1. The fourth-order valence-electron chi connectivity index (χ4n) is 2.45. The van der Waals surface area contributed by atoms with E-state index in [1.54, 1.807) is 0 Å². The van der Waals surface area contributed by atoms with Crippen molar-refractivity contribution >= 4 is 5.84 Å². The highest BCUT2D eigenvalue weighted by atomic mass is 14.7. The van der Waals surface area contributed by atoms with Gasteiger partial charge in [0, 0.05) is 5.92 Å². The molecule has 2 nitrogen and oxygen atoms in total. The largest absolute Gasteiger partial charge is 0.387 e. The van der Waals surface area contributed by atoms with Crippen molar-refractivity contribution in [1.82, 2.24) is 0 Å². The second kappa shape index (κ2) is 6.05. The maximum atomic E-state index is 7.40. The third-order valence-corrected chi connectivity index (χ3v) is 3.50. The molecule has 1 fully saturated rings. The molecule has 1 saturated carbocycles. The lowest BCUT2D eigenvalue weighted by atomic mass is 9.79. The molecular weight excluding hydrogens is 172 g/mol. The SMILES string of the molecule is CCCCCC1CCC(C(=N)N)CC1. The second-order valence-corrected chi connectivity index (χ2v) is 4.67. The summed E-state index contributed by atoms with van der Waals surface area (Å²) in [5.74, 6) is 1.74. The van der Waals surface area contributed by atoms with Crippen LogP contribution in [0.1, 0.15) is 58.3 Å². The van der Waals surface area contributed by atoms with Gasteiger partial charge in [0.05, 0.1) is 5.84 Å². The first-order chi connectivity index (χ1) is 6.74. The van der Waals surface area contributed by atoms with Crippen molar-refractivity contribution in [3.63, 3.8) is 0 Å². The molecule has 1 rings (SSSR count). The van der Waals surface area contributed by atoms with E-state index in [0.29, 0.717) is 11.8 Å². The zero-order valence-corrected chi connectivity index (χ0v) is 9.39. The van der Waals surface area contributed by atoms with Gasteiger partial charge in [0.15, 0.2) is 0 Å². The van der Waals surface area contributed by atoms with Gasteiger partial charge >= 0.3 is 0 Å². The number of amidine groups is 1. The Hall–Kier alpha value is -0.530. The Kier molecular flexibility index (Phi) is 4.99. The predicted octanol–water partition coefficient (Wildman–Crippen LogP) is 3.31. The molecule has 0 aromatic carbocycles. The third-order valence-electron chi connectivity index (χ3n) is 3.50. The standard InChI is InChI=1S/C12H24N2/c1-2-3-4-5-10-6-8-11(9-7-10)12(13)14/h10-11H,2-9H2,1H3,(H3,13,14). The van der Waals surface area contributed by atoms with Gasteiger partial charge in [0.25, 0.3) is 0 Å². The normalized spacial score (nSPS) is 27.5. The van der Waals surface area contributed by atoms with Gasteiger partial charge in [0.1, 0.15) is 0 Å². The molecule has 0 aromatic rings. The van der Waals surface area contributed by atoms with Crippen LogP contribution < -0.4 is 5.73 Å². The smallest absolute Gasteiger partial charge is 0.0936 e. The molecule has 0 aliphatic heterocycles. The van der Waals surface area contributed by atoms with Crippen molar-refractivity contribution in [2.45, 2.75) is 58.3 Å². The maximum absolute atomic E-state index is 7.40. The van der Waals surface area contributed by atoms with E-state index in [0.717, 1.165) is 18.8 Å². The van der Waals surface area contributed by atoms with Crippen molar-refractivity contribution in [2.24, 2.45) is 17.6 Å². The van der Waals surface area contributed by atoms with E-state index in [1.807, 2.05) is 0 Å². The van der Waals surface area contributed by atoms with E-state index in [9.17, 15) is 0 Å². The van der Waals surface area contributed by atoms with Crippen LogP contribution in [0.15, 0.2) is 0 Å². The molecule has 0 aromatic heterocycles. The Bertz CT molecular complexity index is 169. The number of hydrogen-bond acceptors (Lipinski definition) is 1. The van der Waals surface area contributed by atoms with Crippen LogP contribution in [0, 0.1) is 17.2 Å². The zero-order valence-electron chi connectivity index (χ0n) is 9.39. The van der Waals surface area contributed by atoms with Crippen molar-refractivity contribution < 1.29 is 0 Å². The summed E-state index contributed by atoms with van der Waals surface area (Å²) in [5.41, 5.74) is 5.52. The molecule has 0 unspecified atom stereocenters. The van der Waals surface area contributed by atoms with Gasteiger partial charge in [-0.25, -0.2) is 0 Å². The van der Waals surface area contributed by atoms with Gasteiger partial charge < -0.3 is 5.73 Å². The number of unbranched alkanes of at least 4 members (excludes halogenated alkanes) is 2. The molecule has 2 heteroatoms. The Balaban J connectivity index is 2.12. The predicted molar refractivity (Wildman–Crippen MR) is 61.5 cm³/mol. The van der Waals surface area contributed by atoms with Crippen molar-refractivity contribution in [2.75, 3.05) is 0 Å². The minimum Gasteiger partial charge on any atom is -0.387 e. The fraction of sp³-hybridized carbons (Fsp3) is 0.917. The number of hydrogen-bond donors (Lipinski definition) is 2.